The summed E-state index contributed by atoms with van der Waals surface area (Å²) in [5.41, 5.74) is 1.03. The van der Waals surface area contributed by atoms with Crippen LogP contribution in [0.25, 0.3) is 22.4 Å². The molecule has 0 saturated carbocycles. The number of furan rings is 1. The molecule has 4 nitrogen and oxygen atoms in total. The molecule has 2 aromatic rings. The Hall–Kier alpha value is -2.72. The lowest BCUT2D eigenvalue weighted by Crippen LogP contribution is -1.97. The fraction of sp³-hybridized carbons (Fsp3) is 0.250. The van der Waals surface area contributed by atoms with Gasteiger partial charge in [0.05, 0.1) is 18.3 Å². The van der Waals surface area contributed by atoms with Crippen molar-refractivity contribution in [2.75, 3.05) is 0 Å². The second-order valence-electron chi connectivity index (χ2n) is 4.40. The highest BCUT2D eigenvalue weighted by Crippen LogP contribution is 2.24. The molecule has 0 amide bonds. The van der Waals surface area contributed by atoms with E-state index in [2.05, 4.69) is 16.3 Å². The molecule has 0 bridgehead atoms. The van der Waals surface area contributed by atoms with Gasteiger partial charge in [-0.3, -0.25) is 0 Å². The number of rotatable bonds is 5. The Balaban J connectivity index is 2.26. The molecule has 100 valence electrons. The molecule has 2 rings (SSSR count). The molecule has 2 heterocycles. The number of aromatic nitrogens is 1. The maximum absolute atomic E-state index is 8.74. The number of unbranched alkanes of at least 4 members (excludes halogenated alkanes) is 1. The van der Waals surface area contributed by atoms with E-state index in [1.54, 1.807) is 6.07 Å². The number of nitriles is 1. The summed E-state index contributed by atoms with van der Waals surface area (Å²) in [5, 5.41) is 8.74. The van der Waals surface area contributed by atoms with Gasteiger partial charge in [-0.05, 0) is 36.8 Å². The number of nitrogens with zero attached hydrogens (tertiary/aromatic N) is 3. The van der Waals surface area contributed by atoms with Crippen molar-refractivity contribution in [1.82, 2.24) is 4.57 Å². The Kier molecular flexibility index (Phi) is 4.42. The summed E-state index contributed by atoms with van der Waals surface area (Å²) in [6, 6.07) is 9.45. The largest absolute Gasteiger partial charge is 0.456 e. The van der Waals surface area contributed by atoms with E-state index in [-0.39, 0.29) is 5.70 Å². The summed E-state index contributed by atoms with van der Waals surface area (Å²) in [7, 11) is 0. The number of hydrogen-bond donors (Lipinski definition) is 0. The minimum absolute atomic E-state index is 0.0206. The first kappa shape index (κ1) is 13.7. The first-order valence-corrected chi connectivity index (χ1v) is 6.53. The van der Waals surface area contributed by atoms with Gasteiger partial charge >= 0.3 is 0 Å². The molecule has 0 aromatic carbocycles. The van der Waals surface area contributed by atoms with Crippen LogP contribution < -0.4 is 0 Å². The normalized spacial score (nSPS) is 11.1. The molecule has 2 aromatic heterocycles. The topological polar surface area (TPSA) is 46.2 Å². The Bertz CT molecular complexity index is 676. The van der Waals surface area contributed by atoms with Gasteiger partial charge in [-0.15, -0.1) is 0 Å². The van der Waals surface area contributed by atoms with Crippen LogP contribution in [0.1, 0.15) is 25.5 Å². The first-order chi connectivity index (χ1) is 9.78. The van der Waals surface area contributed by atoms with E-state index < -0.39 is 0 Å². The van der Waals surface area contributed by atoms with Crippen molar-refractivity contribution in [2.24, 2.45) is 0 Å². The lowest BCUT2D eigenvalue weighted by molar-refractivity contribution is 0.557. The predicted octanol–water partition coefficient (Wildman–Crippen LogP) is 4.33. The van der Waals surface area contributed by atoms with E-state index >= 15 is 0 Å². The molecular formula is C16H15N3O. The lowest BCUT2D eigenvalue weighted by Gasteiger charge is -2.05. The first-order valence-electron chi connectivity index (χ1n) is 6.53. The number of hydrogen-bond acceptors (Lipinski definition) is 2. The van der Waals surface area contributed by atoms with Crippen LogP contribution in [-0.4, -0.2) is 4.57 Å². The molecule has 0 saturated heterocycles. The average molecular weight is 265 g/mol. The zero-order valence-corrected chi connectivity index (χ0v) is 11.3. The van der Waals surface area contributed by atoms with Crippen molar-refractivity contribution in [3.8, 4) is 17.5 Å². The number of allylic oxidation sites excluding steroid dienone is 1. The van der Waals surface area contributed by atoms with Crippen molar-refractivity contribution >= 4 is 6.08 Å². The highest BCUT2D eigenvalue weighted by atomic mass is 16.3. The van der Waals surface area contributed by atoms with E-state index in [9.17, 15) is 0 Å². The summed E-state index contributed by atoms with van der Waals surface area (Å²) >= 11 is 0. The molecule has 0 aliphatic rings. The van der Waals surface area contributed by atoms with Crippen molar-refractivity contribution in [1.29, 1.82) is 5.26 Å². The van der Waals surface area contributed by atoms with E-state index in [1.165, 1.54) is 6.08 Å². The Morgan fingerprint density at radius 2 is 2.35 bits per heavy atom. The van der Waals surface area contributed by atoms with Gasteiger partial charge in [-0.25, -0.2) is 10.1 Å². The smallest absolute Gasteiger partial charge is 0.265 e. The second kappa shape index (κ2) is 6.45. The summed E-state index contributed by atoms with van der Waals surface area (Å²) in [4.78, 5) is 3.12. The quantitative estimate of drug-likeness (QED) is 0.596. The predicted molar refractivity (Wildman–Crippen MR) is 77.2 cm³/mol. The monoisotopic (exact) mass is 265 g/mol. The fourth-order valence-electron chi connectivity index (χ4n) is 1.95. The summed E-state index contributed by atoms with van der Waals surface area (Å²) < 4.78 is 7.84. The molecule has 0 radical (unpaired) electrons. The summed E-state index contributed by atoms with van der Waals surface area (Å²) in [6.07, 6.45) is 5.74. The molecule has 0 spiro atoms. The van der Waals surface area contributed by atoms with Gasteiger partial charge in [0.1, 0.15) is 5.76 Å². The molecule has 0 aliphatic heterocycles. The zero-order chi connectivity index (χ0) is 14.4. The van der Waals surface area contributed by atoms with Gasteiger partial charge in [0.25, 0.3) is 5.70 Å². The van der Waals surface area contributed by atoms with Crippen LogP contribution in [-0.2, 0) is 6.54 Å². The van der Waals surface area contributed by atoms with Crippen LogP contribution in [0.4, 0.5) is 0 Å². The van der Waals surface area contributed by atoms with Crippen molar-refractivity contribution in [3.05, 3.63) is 53.3 Å². The van der Waals surface area contributed by atoms with Gasteiger partial charge in [-0.1, -0.05) is 13.3 Å². The molecule has 0 aliphatic carbocycles. The molecule has 0 atom stereocenters. The highest BCUT2D eigenvalue weighted by molar-refractivity contribution is 5.60. The molecule has 4 heteroatoms. The SMILES string of the molecule is [C-]#[N+]/C(C#N)=C\c1ccc(-c2cccn2CCCC)o1. The van der Waals surface area contributed by atoms with Crippen LogP contribution in [0.15, 0.2) is 40.6 Å². The summed E-state index contributed by atoms with van der Waals surface area (Å²) in [6.45, 7) is 9.97. The lowest BCUT2D eigenvalue weighted by atomic mass is 10.3. The van der Waals surface area contributed by atoms with Gasteiger partial charge in [-0.2, -0.15) is 0 Å². The van der Waals surface area contributed by atoms with Crippen molar-refractivity contribution in [2.45, 2.75) is 26.3 Å². The molecule has 0 N–H and O–H groups in total. The number of aryl methyl sites for hydroxylation is 1. The van der Waals surface area contributed by atoms with Gasteiger partial charge in [0.15, 0.2) is 5.76 Å². The van der Waals surface area contributed by atoms with Crippen LogP contribution in [0.3, 0.4) is 0 Å². The van der Waals surface area contributed by atoms with Gasteiger partial charge in [0, 0.05) is 12.7 Å². The third kappa shape index (κ3) is 2.99. The van der Waals surface area contributed by atoms with E-state index in [0.717, 1.165) is 30.8 Å². The molecular weight excluding hydrogens is 250 g/mol. The molecule has 0 fully saturated rings. The summed E-state index contributed by atoms with van der Waals surface area (Å²) in [5.74, 6) is 1.27. The fourth-order valence-corrected chi connectivity index (χ4v) is 1.95. The minimum Gasteiger partial charge on any atom is -0.456 e. The Labute approximate surface area is 118 Å². The van der Waals surface area contributed by atoms with Crippen LogP contribution in [0, 0.1) is 17.9 Å². The highest BCUT2D eigenvalue weighted by Gasteiger charge is 2.08. The Morgan fingerprint density at radius 1 is 1.50 bits per heavy atom. The Morgan fingerprint density at radius 3 is 3.05 bits per heavy atom. The minimum atomic E-state index is 0.0206. The second-order valence-corrected chi connectivity index (χ2v) is 4.40. The maximum atomic E-state index is 8.74. The van der Waals surface area contributed by atoms with Crippen LogP contribution in [0.5, 0.6) is 0 Å². The van der Waals surface area contributed by atoms with E-state index in [0.29, 0.717) is 5.76 Å². The third-order valence-corrected chi connectivity index (χ3v) is 2.98. The maximum Gasteiger partial charge on any atom is 0.265 e. The molecule has 0 unspecified atom stereocenters. The molecule has 20 heavy (non-hydrogen) atoms. The average Bonchev–Trinajstić information content (AvgIpc) is 3.11. The van der Waals surface area contributed by atoms with Gasteiger partial charge in [0.2, 0.25) is 0 Å². The van der Waals surface area contributed by atoms with Crippen LogP contribution in [0.2, 0.25) is 0 Å². The van der Waals surface area contributed by atoms with Crippen molar-refractivity contribution < 1.29 is 4.42 Å². The van der Waals surface area contributed by atoms with Crippen molar-refractivity contribution in [3.63, 3.8) is 0 Å². The van der Waals surface area contributed by atoms with E-state index in [4.69, 9.17) is 16.3 Å². The zero-order valence-electron chi connectivity index (χ0n) is 11.3. The van der Waals surface area contributed by atoms with Gasteiger partial charge < -0.3 is 8.98 Å². The van der Waals surface area contributed by atoms with E-state index in [1.807, 2.05) is 30.5 Å². The third-order valence-electron chi connectivity index (χ3n) is 2.98. The standard InChI is InChI=1S/C16H15N3O/c1-3-4-9-19-10-5-6-15(19)16-8-7-14(20-16)11-13(12-17)18-2/h5-8,10-11H,3-4,9H2,1H3/b13-11-. The van der Waals surface area contributed by atoms with Crippen LogP contribution >= 0.6 is 0 Å².